The predicted molar refractivity (Wildman–Crippen MR) is 75.9 cm³/mol. The van der Waals surface area contributed by atoms with Crippen LogP contribution < -0.4 is 0 Å². The van der Waals surface area contributed by atoms with E-state index < -0.39 is 5.97 Å². The summed E-state index contributed by atoms with van der Waals surface area (Å²) in [5.74, 6) is -0.174. The third-order valence-corrected chi connectivity index (χ3v) is 3.00. The highest BCUT2D eigenvalue weighted by molar-refractivity contribution is 5.71. The number of imidazole rings is 1. The number of hydrogen-bond acceptors (Lipinski definition) is 4. The molecule has 6 heteroatoms. The van der Waals surface area contributed by atoms with Gasteiger partial charge in [0.25, 0.3) is 0 Å². The van der Waals surface area contributed by atoms with Crippen LogP contribution in [0, 0.1) is 0 Å². The van der Waals surface area contributed by atoms with Crippen molar-refractivity contribution in [3.05, 3.63) is 60.7 Å². The molecule has 0 aliphatic rings. The van der Waals surface area contributed by atoms with Crippen LogP contribution in [0.5, 0.6) is 0 Å². The quantitative estimate of drug-likeness (QED) is 0.790. The minimum Gasteiger partial charge on any atom is -0.481 e. The van der Waals surface area contributed by atoms with E-state index in [0.717, 1.165) is 11.1 Å². The van der Waals surface area contributed by atoms with Crippen LogP contribution in [-0.4, -0.2) is 30.8 Å². The smallest absolute Gasteiger partial charge is 0.307 e. The predicted octanol–water partition coefficient (Wildman–Crippen LogP) is 1.96. The van der Waals surface area contributed by atoms with Crippen LogP contribution in [0.25, 0.3) is 17.1 Å². The van der Waals surface area contributed by atoms with Gasteiger partial charge in [0.15, 0.2) is 5.82 Å². The Morgan fingerprint density at radius 1 is 1.19 bits per heavy atom. The molecular formula is C15H12N4O2. The second-order valence-electron chi connectivity index (χ2n) is 4.52. The number of carboxylic acids is 1. The second-order valence-corrected chi connectivity index (χ2v) is 4.52. The molecule has 1 N–H and O–H groups in total. The first-order chi connectivity index (χ1) is 10.2. The highest BCUT2D eigenvalue weighted by atomic mass is 16.4. The van der Waals surface area contributed by atoms with E-state index in [1.165, 1.54) is 0 Å². The van der Waals surface area contributed by atoms with Gasteiger partial charge in [0.05, 0.1) is 12.1 Å². The molecule has 0 unspecified atom stereocenters. The fourth-order valence-corrected chi connectivity index (χ4v) is 2.03. The van der Waals surface area contributed by atoms with Gasteiger partial charge in [-0.15, -0.1) is 10.2 Å². The third kappa shape index (κ3) is 2.94. The summed E-state index contributed by atoms with van der Waals surface area (Å²) in [6.07, 6.45) is 5.10. The molecule has 6 nitrogen and oxygen atoms in total. The molecule has 21 heavy (non-hydrogen) atoms. The number of carbonyl (C=O) groups is 1. The Bertz CT molecular complexity index is 752. The van der Waals surface area contributed by atoms with E-state index >= 15 is 0 Å². The lowest BCUT2D eigenvalue weighted by molar-refractivity contribution is -0.136. The largest absolute Gasteiger partial charge is 0.481 e. The summed E-state index contributed by atoms with van der Waals surface area (Å²) in [5.41, 5.74) is 2.28. The number of aromatic nitrogens is 4. The van der Waals surface area contributed by atoms with Crippen molar-refractivity contribution in [3.8, 4) is 17.1 Å². The van der Waals surface area contributed by atoms with E-state index in [1.807, 2.05) is 30.3 Å². The maximum absolute atomic E-state index is 10.8. The summed E-state index contributed by atoms with van der Waals surface area (Å²) < 4.78 is 1.76. The molecule has 0 saturated heterocycles. The normalized spacial score (nSPS) is 10.5. The second kappa shape index (κ2) is 5.54. The lowest BCUT2D eigenvalue weighted by Crippen LogP contribution is -2.00. The Kier molecular flexibility index (Phi) is 3.42. The minimum atomic E-state index is -0.853. The number of benzene rings is 1. The summed E-state index contributed by atoms with van der Waals surface area (Å²) in [6.45, 7) is 0. The highest BCUT2D eigenvalue weighted by Gasteiger charge is 2.05. The van der Waals surface area contributed by atoms with E-state index in [0.29, 0.717) is 11.5 Å². The van der Waals surface area contributed by atoms with Gasteiger partial charge in [0.2, 0.25) is 0 Å². The zero-order valence-corrected chi connectivity index (χ0v) is 11.0. The van der Waals surface area contributed by atoms with Crippen molar-refractivity contribution in [2.24, 2.45) is 0 Å². The number of rotatable bonds is 4. The standard InChI is InChI=1S/C15H12N4O2/c20-15(21)9-11-2-1-3-12(8-11)13-4-5-14(18-17-13)19-7-6-16-10-19/h1-8,10H,9H2,(H,20,21). The molecule has 2 aromatic heterocycles. The molecule has 0 saturated carbocycles. The van der Waals surface area contributed by atoms with Crippen molar-refractivity contribution in [2.45, 2.75) is 6.42 Å². The molecular weight excluding hydrogens is 268 g/mol. The summed E-state index contributed by atoms with van der Waals surface area (Å²) in [7, 11) is 0. The van der Waals surface area contributed by atoms with Crippen molar-refractivity contribution >= 4 is 5.97 Å². The van der Waals surface area contributed by atoms with Crippen LogP contribution in [0.2, 0.25) is 0 Å². The Morgan fingerprint density at radius 2 is 2.10 bits per heavy atom. The molecule has 0 radical (unpaired) electrons. The fourth-order valence-electron chi connectivity index (χ4n) is 2.03. The Morgan fingerprint density at radius 3 is 2.76 bits per heavy atom. The van der Waals surface area contributed by atoms with Gasteiger partial charge < -0.3 is 5.11 Å². The molecule has 0 amide bonds. The topological polar surface area (TPSA) is 80.9 Å². The maximum Gasteiger partial charge on any atom is 0.307 e. The molecule has 1 aromatic carbocycles. The average molecular weight is 280 g/mol. The number of hydrogen-bond donors (Lipinski definition) is 1. The number of carboxylic acid groups (broad SMARTS) is 1. The highest BCUT2D eigenvalue weighted by Crippen LogP contribution is 2.18. The van der Waals surface area contributed by atoms with E-state index in [2.05, 4.69) is 15.2 Å². The third-order valence-electron chi connectivity index (χ3n) is 3.00. The molecule has 2 heterocycles. The summed E-state index contributed by atoms with van der Waals surface area (Å²) in [5, 5.41) is 17.2. The van der Waals surface area contributed by atoms with Crippen LogP contribution in [0.4, 0.5) is 0 Å². The SMILES string of the molecule is O=C(O)Cc1cccc(-c2ccc(-n3ccnc3)nn2)c1. The molecule has 0 aliphatic heterocycles. The first-order valence-electron chi connectivity index (χ1n) is 6.35. The zero-order valence-electron chi connectivity index (χ0n) is 11.0. The molecule has 0 spiro atoms. The van der Waals surface area contributed by atoms with E-state index in [9.17, 15) is 4.79 Å². The Balaban J connectivity index is 1.88. The van der Waals surface area contributed by atoms with Crippen LogP contribution in [0.3, 0.4) is 0 Å². The van der Waals surface area contributed by atoms with Crippen molar-refractivity contribution < 1.29 is 9.90 Å². The van der Waals surface area contributed by atoms with Crippen molar-refractivity contribution in [1.29, 1.82) is 0 Å². The molecule has 0 aliphatic carbocycles. The molecule has 104 valence electrons. The van der Waals surface area contributed by atoms with Gasteiger partial charge in [0, 0.05) is 18.0 Å². The van der Waals surface area contributed by atoms with Gasteiger partial charge in [-0.25, -0.2) is 4.98 Å². The Labute approximate surface area is 120 Å². The number of aliphatic carboxylic acids is 1. The maximum atomic E-state index is 10.8. The van der Waals surface area contributed by atoms with Gasteiger partial charge in [-0.1, -0.05) is 18.2 Å². The van der Waals surface area contributed by atoms with Crippen molar-refractivity contribution in [3.63, 3.8) is 0 Å². The molecule has 0 fully saturated rings. The van der Waals surface area contributed by atoms with Gasteiger partial charge in [0.1, 0.15) is 6.33 Å². The summed E-state index contributed by atoms with van der Waals surface area (Å²) >= 11 is 0. The van der Waals surface area contributed by atoms with Crippen molar-refractivity contribution in [2.75, 3.05) is 0 Å². The molecule has 3 rings (SSSR count). The van der Waals surface area contributed by atoms with E-state index in [4.69, 9.17) is 5.11 Å². The van der Waals surface area contributed by atoms with Crippen LogP contribution in [0.15, 0.2) is 55.1 Å². The van der Waals surface area contributed by atoms with Crippen LogP contribution >= 0.6 is 0 Å². The first-order valence-corrected chi connectivity index (χ1v) is 6.35. The summed E-state index contributed by atoms with van der Waals surface area (Å²) in [4.78, 5) is 14.7. The molecule has 0 bridgehead atoms. The monoisotopic (exact) mass is 280 g/mol. The Hall–Kier alpha value is -3.02. The first kappa shape index (κ1) is 13.0. The summed E-state index contributed by atoms with van der Waals surface area (Å²) in [6, 6.07) is 11.0. The molecule has 3 aromatic rings. The van der Waals surface area contributed by atoms with E-state index in [-0.39, 0.29) is 6.42 Å². The van der Waals surface area contributed by atoms with Crippen molar-refractivity contribution in [1.82, 2.24) is 19.7 Å². The number of nitrogens with zero attached hydrogens (tertiary/aromatic N) is 4. The average Bonchev–Trinajstić information content (AvgIpc) is 3.01. The van der Waals surface area contributed by atoms with E-state index in [1.54, 1.807) is 29.4 Å². The lowest BCUT2D eigenvalue weighted by atomic mass is 10.1. The molecule has 0 atom stereocenters. The van der Waals surface area contributed by atoms with Crippen LogP contribution in [-0.2, 0) is 11.2 Å². The van der Waals surface area contributed by atoms with Gasteiger partial charge in [-0.05, 0) is 23.8 Å². The van der Waals surface area contributed by atoms with Gasteiger partial charge >= 0.3 is 5.97 Å². The minimum absolute atomic E-state index is 0.00557. The lowest BCUT2D eigenvalue weighted by Gasteiger charge is -2.04. The van der Waals surface area contributed by atoms with Gasteiger partial charge in [-0.2, -0.15) is 0 Å². The van der Waals surface area contributed by atoms with Crippen LogP contribution in [0.1, 0.15) is 5.56 Å². The van der Waals surface area contributed by atoms with Gasteiger partial charge in [-0.3, -0.25) is 9.36 Å². The fraction of sp³-hybridized carbons (Fsp3) is 0.0667. The zero-order chi connectivity index (χ0) is 14.7.